The van der Waals surface area contributed by atoms with Gasteiger partial charge >= 0.3 is 0 Å². The van der Waals surface area contributed by atoms with Gasteiger partial charge in [0.1, 0.15) is 16.6 Å². The number of benzene rings is 1. The normalized spacial score (nSPS) is 15.2. The van der Waals surface area contributed by atoms with Crippen molar-refractivity contribution in [1.82, 2.24) is 10.3 Å². The van der Waals surface area contributed by atoms with E-state index in [1.165, 1.54) is 17.0 Å². The number of nitrogens with zero attached hydrogens (tertiary/aromatic N) is 1. The zero-order valence-corrected chi connectivity index (χ0v) is 12.8. The lowest BCUT2D eigenvalue weighted by Crippen LogP contribution is -2.24. The minimum absolute atomic E-state index is 0.343. The Bertz CT molecular complexity index is 618. The lowest BCUT2D eigenvalue weighted by atomic mass is 10.1. The molecule has 0 bridgehead atoms. The summed E-state index contributed by atoms with van der Waals surface area (Å²) in [7, 11) is 0. The summed E-state index contributed by atoms with van der Waals surface area (Å²) in [6, 6.07) is 3.25. The number of nitrogens with one attached hydrogen (secondary N) is 1. The summed E-state index contributed by atoms with van der Waals surface area (Å²) in [5.41, 5.74) is 1.48. The van der Waals surface area contributed by atoms with Crippen molar-refractivity contribution in [2.75, 3.05) is 6.54 Å². The van der Waals surface area contributed by atoms with Gasteiger partial charge < -0.3 is 5.32 Å². The lowest BCUT2D eigenvalue weighted by Gasteiger charge is -2.17. The van der Waals surface area contributed by atoms with Crippen molar-refractivity contribution < 1.29 is 8.78 Å². The third-order valence-corrected chi connectivity index (χ3v) is 4.95. The Labute approximate surface area is 127 Å². The third kappa shape index (κ3) is 2.99. The second kappa shape index (κ2) is 6.20. The Morgan fingerprint density at radius 2 is 2.19 bits per heavy atom. The molecular formula is C16H18F2N2S. The summed E-state index contributed by atoms with van der Waals surface area (Å²) in [6.07, 6.45) is 4.13. The zero-order valence-electron chi connectivity index (χ0n) is 12.0. The van der Waals surface area contributed by atoms with E-state index in [0.29, 0.717) is 5.56 Å². The minimum Gasteiger partial charge on any atom is -0.304 e. The third-order valence-electron chi connectivity index (χ3n) is 3.73. The monoisotopic (exact) mass is 308 g/mol. The van der Waals surface area contributed by atoms with Crippen LogP contribution in [0.25, 0.3) is 0 Å². The summed E-state index contributed by atoms with van der Waals surface area (Å²) >= 11 is 1.63. The summed E-state index contributed by atoms with van der Waals surface area (Å²) in [5, 5.41) is 4.15. The summed E-state index contributed by atoms with van der Waals surface area (Å²) in [5.74, 6) is -0.806. The Morgan fingerprint density at radius 3 is 2.95 bits per heavy atom. The van der Waals surface area contributed by atoms with E-state index in [0.717, 1.165) is 49.0 Å². The van der Waals surface area contributed by atoms with Crippen molar-refractivity contribution >= 4 is 11.3 Å². The minimum atomic E-state index is -0.418. The van der Waals surface area contributed by atoms with Crippen molar-refractivity contribution in [3.05, 3.63) is 51.0 Å². The molecule has 5 heteroatoms. The molecular weight excluding hydrogens is 290 g/mol. The quantitative estimate of drug-likeness (QED) is 0.903. The van der Waals surface area contributed by atoms with Gasteiger partial charge in [0.05, 0.1) is 11.7 Å². The molecule has 0 saturated heterocycles. The number of halogens is 2. The molecule has 0 fully saturated rings. The van der Waals surface area contributed by atoms with Crippen LogP contribution in [0.15, 0.2) is 18.2 Å². The van der Waals surface area contributed by atoms with E-state index < -0.39 is 5.82 Å². The average Bonchev–Trinajstić information content (AvgIpc) is 3.04. The van der Waals surface area contributed by atoms with Gasteiger partial charge in [-0.25, -0.2) is 13.8 Å². The number of aryl methyl sites for hydroxylation is 2. The van der Waals surface area contributed by atoms with Crippen molar-refractivity contribution in [3.63, 3.8) is 0 Å². The number of rotatable bonds is 5. The van der Waals surface area contributed by atoms with Gasteiger partial charge in [-0.2, -0.15) is 0 Å². The molecule has 1 N–H and O–H groups in total. The molecule has 1 aliphatic rings. The molecule has 1 heterocycles. The van der Waals surface area contributed by atoms with Gasteiger partial charge in [0.25, 0.3) is 0 Å². The molecule has 1 aromatic heterocycles. The molecule has 1 aromatic carbocycles. The van der Waals surface area contributed by atoms with Crippen LogP contribution in [0, 0.1) is 11.6 Å². The molecule has 0 radical (unpaired) electrons. The van der Waals surface area contributed by atoms with Crippen LogP contribution >= 0.6 is 11.3 Å². The topological polar surface area (TPSA) is 24.9 Å². The lowest BCUT2D eigenvalue weighted by molar-refractivity contribution is 0.533. The van der Waals surface area contributed by atoms with Gasteiger partial charge in [-0.15, -0.1) is 11.3 Å². The molecule has 1 unspecified atom stereocenters. The largest absolute Gasteiger partial charge is 0.304 e. The van der Waals surface area contributed by atoms with E-state index in [4.69, 9.17) is 0 Å². The highest BCUT2D eigenvalue weighted by atomic mass is 32.1. The van der Waals surface area contributed by atoms with Gasteiger partial charge in [-0.1, -0.05) is 6.92 Å². The molecule has 3 rings (SSSR count). The van der Waals surface area contributed by atoms with Gasteiger partial charge in [-0.05, 0) is 50.4 Å². The van der Waals surface area contributed by atoms with Crippen molar-refractivity contribution in [1.29, 1.82) is 0 Å². The van der Waals surface area contributed by atoms with E-state index in [1.54, 1.807) is 11.3 Å². The van der Waals surface area contributed by atoms with Crippen LogP contribution in [-0.4, -0.2) is 11.5 Å². The average molecular weight is 308 g/mol. The molecule has 0 spiro atoms. The fourth-order valence-electron chi connectivity index (χ4n) is 2.69. The van der Waals surface area contributed by atoms with Crippen LogP contribution in [-0.2, 0) is 12.8 Å². The molecule has 0 amide bonds. The zero-order chi connectivity index (χ0) is 14.8. The maximum absolute atomic E-state index is 14.1. The number of thiazole rings is 1. The van der Waals surface area contributed by atoms with E-state index in [-0.39, 0.29) is 11.9 Å². The number of fused-ring (bicyclic) bond motifs is 1. The summed E-state index contributed by atoms with van der Waals surface area (Å²) < 4.78 is 27.6. The fraction of sp³-hybridized carbons (Fsp3) is 0.438. The first kappa shape index (κ1) is 14.6. The van der Waals surface area contributed by atoms with Crippen LogP contribution in [0.1, 0.15) is 46.9 Å². The Hall–Kier alpha value is -1.33. The van der Waals surface area contributed by atoms with E-state index in [1.807, 2.05) is 6.92 Å². The standard InChI is InChI=1S/C16H18F2N2S/c1-2-8-19-15(11-9-10(17)6-7-12(11)18)16-20-13-4-3-5-14(13)21-16/h6-7,9,15,19H,2-5,8H2,1H3. The molecule has 1 atom stereocenters. The van der Waals surface area contributed by atoms with Gasteiger partial charge in [0.2, 0.25) is 0 Å². The molecule has 0 aliphatic heterocycles. The number of aromatic nitrogens is 1. The van der Waals surface area contributed by atoms with Crippen molar-refractivity contribution in [3.8, 4) is 0 Å². The van der Waals surface area contributed by atoms with Gasteiger partial charge in [-0.3, -0.25) is 0 Å². The maximum Gasteiger partial charge on any atom is 0.128 e. The van der Waals surface area contributed by atoms with Gasteiger partial charge in [0.15, 0.2) is 0 Å². The van der Waals surface area contributed by atoms with Crippen LogP contribution < -0.4 is 5.32 Å². The smallest absolute Gasteiger partial charge is 0.128 e. The van der Waals surface area contributed by atoms with Crippen molar-refractivity contribution in [2.24, 2.45) is 0 Å². The second-order valence-electron chi connectivity index (χ2n) is 5.33. The molecule has 1 aliphatic carbocycles. The Kier molecular flexibility index (Phi) is 4.31. The van der Waals surface area contributed by atoms with E-state index in [2.05, 4.69) is 10.3 Å². The summed E-state index contributed by atoms with van der Waals surface area (Å²) in [6.45, 7) is 2.79. The van der Waals surface area contributed by atoms with Crippen LogP contribution in [0.2, 0.25) is 0 Å². The first-order valence-corrected chi connectivity index (χ1v) is 8.17. The molecule has 112 valence electrons. The highest BCUT2D eigenvalue weighted by molar-refractivity contribution is 7.11. The van der Waals surface area contributed by atoms with Crippen LogP contribution in [0.5, 0.6) is 0 Å². The van der Waals surface area contributed by atoms with E-state index >= 15 is 0 Å². The number of hydrogen-bond acceptors (Lipinski definition) is 3. The molecule has 2 aromatic rings. The highest BCUT2D eigenvalue weighted by Crippen LogP contribution is 2.34. The molecule has 21 heavy (non-hydrogen) atoms. The number of hydrogen-bond donors (Lipinski definition) is 1. The van der Waals surface area contributed by atoms with Gasteiger partial charge in [0, 0.05) is 10.4 Å². The molecule has 0 saturated carbocycles. The van der Waals surface area contributed by atoms with E-state index in [9.17, 15) is 8.78 Å². The summed E-state index contributed by atoms with van der Waals surface area (Å²) in [4.78, 5) is 5.95. The first-order valence-electron chi connectivity index (χ1n) is 7.36. The predicted molar refractivity (Wildman–Crippen MR) is 80.6 cm³/mol. The highest BCUT2D eigenvalue weighted by Gasteiger charge is 2.25. The Morgan fingerprint density at radius 1 is 1.33 bits per heavy atom. The van der Waals surface area contributed by atoms with Crippen molar-refractivity contribution in [2.45, 2.75) is 38.6 Å². The first-order chi connectivity index (χ1) is 10.2. The fourth-order valence-corrected chi connectivity index (χ4v) is 3.94. The maximum atomic E-state index is 14.1. The SMILES string of the molecule is CCCNC(c1nc2c(s1)CCC2)c1cc(F)ccc1F. The van der Waals surface area contributed by atoms with Crippen LogP contribution in [0.4, 0.5) is 8.78 Å². The molecule has 2 nitrogen and oxygen atoms in total. The second-order valence-corrected chi connectivity index (χ2v) is 6.44. The Balaban J connectivity index is 1.98. The van der Waals surface area contributed by atoms with Crippen LogP contribution in [0.3, 0.4) is 0 Å². The predicted octanol–water partition coefficient (Wildman–Crippen LogP) is 4.00.